The van der Waals surface area contributed by atoms with E-state index in [0.717, 1.165) is 25.8 Å². The van der Waals surface area contributed by atoms with Crippen LogP contribution in [-0.2, 0) is 24.1 Å². The number of hydrogen-bond donors (Lipinski definition) is 1. The average Bonchev–Trinajstić information content (AvgIpc) is 2.73. The van der Waals surface area contributed by atoms with Gasteiger partial charge in [0.25, 0.3) is 0 Å². The first-order valence-corrected chi connectivity index (χ1v) is 7.21. The summed E-state index contributed by atoms with van der Waals surface area (Å²) < 4.78 is 0. The van der Waals surface area contributed by atoms with Gasteiger partial charge in [0.05, 0.1) is 0 Å². The van der Waals surface area contributed by atoms with Crippen LogP contribution < -0.4 is 5.32 Å². The Morgan fingerprint density at radius 1 is 1.17 bits per heavy atom. The topological polar surface area (TPSA) is 29.1 Å². The Labute approximate surface area is 109 Å². The van der Waals surface area contributed by atoms with Gasteiger partial charge in [-0.1, -0.05) is 24.6 Å². The maximum atomic E-state index is 11.7. The number of rotatable bonds is 4. The lowest BCUT2D eigenvalue weighted by Crippen LogP contribution is -2.35. The number of aryl methyl sites for hydroxylation is 2. The molecule has 0 unspecified atom stereocenters. The van der Waals surface area contributed by atoms with Crippen LogP contribution in [0.3, 0.4) is 0 Å². The summed E-state index contributed by atoms with van der Waals surface area (Å²) in [7, 11) is 0. The predicted molar refractivity (Wildman–Crippen MR) is 72.5 cm³/mol. The highest BCUT2D eigenvalue weighted by Gasteiger charge is 2.24. The highest BCUT2D eigenvalue weighted by Crippen LogP contribution is 2.26. The van der Waals surface area contributed by atoms with E-state index in [1.165, 1.54) is 42.4 Å². The molecule has 0 heterocycles. The monoisotopic (exact) mass is 243 g/mol. The van der Waals surface area contributed by atoms with Crippen molar-refractivity contribution in [1.29, 1.82) is 0 Å². The van der Waals surface area contributed by atoms with Gasteiger partial charge in [0, 0.05) is 12.5 Å². The maximum Gasteiger partial charge on any atom is 0.223 e. The maximum absolute atomic E-state index is 11.7. The lowest BCUT2D eigenvalue weighted by molar-refractivity contribution is -0.127. The zero-order chi connectivity index (χ0) is 12.4. The van der Waals surface area contributed by atoms with Crippen molar-refractivity contribution in [3.8, 4) is 0 Å². The van der Waals surface area contributed by atoms with Crippen molar-refractivity contribution >= 4 is 5.91 Å². The van der Waals surface area contributed by atoms with Crippen molar-refractivity contribution in [2.24, 2.45) is 5.92 Å². The minimum Gasteiger partial charge on any atom is -0.356 e. The van der Waals surface area contributed by atoms with Crippen molar-refractivity contribution in [2.75, 3.05) is 6.54 Å². The molecular weight excluding hydrogens is 222 g/mol. The third-order valence-electron chi connectivity index (χ3n) is 4.35. The van der Waals surface area contributed by atoms with Gasteiger partial charge < -0.3 is 5.32 Å². The molecule has 1 fully saturated rings. The van der Waals surface area contributed by atoms with Crippen LogP contribution in [0.1, 0.15) is 42.4 Å². The Morgan fingerprint density at radius 3 is 2.78 bits per heavy atom. The lowest BCUT2D eigenvalue weighted by Gasteiger charge is -2.24. The van der Waals surface area contributed by atoms with Gasteiger partial charge in [-0.25, -0.2) is 0 Å². The molecule has 1 N–H and O–H groups in total. The zero-order valence-electron chi connectivity index (χ0n) is 10.9. The molecule has 1 aromatic rings. The Kier molecular flexibility index (Phi) is 3.35. The quantitative estimate of drug-likeness (QED) is 0.865. The third-order valence-corrected chi connectivity index (χ3v) is 4.35. The van der Waals surface area contributed by atoms with E-state index in [2.05, 4.69) is 23.5 Å². The number of nitrogens with one attached hydrogen (secondary N) is 1. The largest absolute Gasteiger partial charge is 0.356 e. The summed E-state index contributed by atoms with van der Waals surface area (Å²) in [6.07, 6.45) is 8.15. The minimum atomic E-state index is 0.266. The molecule has 0 aliphatic heterocycles. The first-order valence-electron chi connectivity index (χ1n) is 7.21. The molecule has 0 bridgehead atoms. The molecule has 3 rings (SSSR count). The molecule has 0 atom stereocenters. The number of carbonyl (C=O) groups excluding carboxylic acids is 1. The summed E-state index contributed by atoms with van der Waals surface area (Å²) in [6.45, 7) is 0.786. The van der Waals surface area contributed by atoms with Gasteiger partial charge in [0.2, 0.25) is 5.91 Å². The van der Waals surface area contributed by atoms with E-state index >= 15 is 0 Å². The van der Waals surface area contributed by atoms with Crippen molar-refractivity contribution in [3.05, 3.63) is 34.9 Å². The van der Waals surface area contributed by atoms with Gasteiger partial charge in [-0.2, -0.15) is 0 Å². The SMILES string of the molecule is O=C(NCCc1ccc2c(c1)CCC2)C1CCC1. The summed E-state index contributed by atoms with van der Waals surface area (Å²) in [4.78, 5) is 11.7. The molecule has 0 saturated heterocycles. The normalized spacial score (nSPS) is 18.2. The average molecular weight is 243 g/mol. The van der Waals surface area contributed by atoms with E-state index in [1.807, 2.05) is 0 Å². The molecule has 2 aliphatic carbocycles. The van der Waals surface area contributed by atoms with Crippen LogP contribution in [0.2, 0.25) is 0 Å². The smallest absolute Gasteiger partial charge is 0.223 e. The number of amides is 1. The molecule has 18 heavy (non-hydrogen) atoms. The molecule has 0 spiro atoms. The van der Waals surface area contributed by atoms with Crippen LogP contribution in [0, 0.1) is 5.92 Å². The Bertz CT molecular complexity index is 448. The van der Waals surface area contributed by atoms with Gasteiger partial charge in [-0.15, -0.1) is 0 Å². The van der Waals surface area contributed by atoms with Gasteiger partial charge in [0.15, 0.2) is 0 Å². The van der Waals surface area contributed by atoms with Gasteiger partial charge in [0.1, 0.15) is 0 Å². The standard InChI is InChI=1S/C16H21NO/c18-16(14-4-2-5-14)17-10-9-12-7-8-13-3-1-6-15(13)11-12/h7-8,11,14H,1-6,9-10H2,(H,17,18). The van der Waals surface area contributed by atoms with Crippen LogP contribution >= 0.6 is 0 Å². The van der Waals surface area contributed by atoms with Crippen LogP contribution in [0.25, 0.3) is 0 Å². The van der Waals surface area contributed by atoms with Crippen molar-refractivity contribution in [2.45, 2.75) is 44.9 Å². The number of carbonyl (C=O) groups is 1. The predicted octanol–water partition coefficient (Wildman–Crippen LogP) is 2.63. The first-order chi connectivity index (χ1) is 8.83. The molecule has 96 valence electrons. The minimum absolute atomic E-state index is 0.266. The van der Waals surface area contributed by atoms with Crippen molar-refractivity contribution in [1.82, 2.24) is 5.32 Å². The van der Waals surface area contributed by atoms with Gasteiger partial charge in [-0.05, 0) is 55.2 Å². The second-order valence-electron chi connectivity index (χ2n) is 5.63. The highest BCUT2D eigenvalue weighted by molar-refractivity contribution is 5.79. The highest BCUT2D eigenvalue weighted by atomic mass is 16.1. The fraction of sp³-hybridized carbons (Fsp3) is 0.562. The fourth-order valence-electron chi connectivity index (χ4n) is 2.93. The van der Waals surface area contributed by atoms with Crippen LogP contribution in [0.4, 0.5) is 0 Å². The molecule has 0 aromatic heterocycles. The van der Waals surface area contributed by atoms with Crippen LogP contribution in [-0.4, -0.2) is 12.5 Å². The van der Waals surface area contributed by atoms with E-state index in [-0.39, 0.29) is 5.91 Å². The molecule has 0 radical (unpaired) electrons. The lowest BCUT2D eigenvalue weighted by atomic mass is 9.85. The van der Waals surface area contributed by atoms with Crippen LogP contribution in [0.15, 0.2) is 18.2 Å². The van der Waals surface area contributed by atoms with E-state index in [0.29, 0.717) is 5.92 Å². The molecule has 2 heteroatoms. The Morgan fingerprint density at radius 2 is 2.00 bits per heavy atom. The summed E-state index contributed by atoms with van der Waals surface area (Å²) >= 11 is 0. The van der Waals surface area contributed by atoms with Gasteiger partial charge in [-0.3, -0.25) is 4.79 Å². The molecule has 2 aliphatic rings. The Balaban J connectivity index is 1.49. The number of benzene rings is 1. The van der Waals surface area contributed by atoms with Gasteiger partial charge >= 0.3 is 0 Å². The number of hydrogen-bond acceptors (Lipinski definition) is 1. The molecule has 1 aromatic carbocycles. The van der Waals surface area contributed by atoms with Crippen molar-refractivity contribution in [3.63, 3.8) is 0 Å². The second kappa shape index (κ2) is 5.13. The van der Waals surface area contributed by atoms with E-state index in [1.54, 1.807) is 0 Å². The molecule has 1 amide bonds. The van der Waals surface area contributed by atoms with Crippen molar-refractivity contribution < 1.29 is 4.79 Å². The fourth-order valence-corrected chi connectivity index (χ4v) is 2.93. The van der Waals surface area contributed by atoms with E-state index in [4.69, 9.17) is 0 Å². The first kappa shape index (κ1) is 11.8. The second-order valence-corrected chi connectivity index (χ2v) is 5.63. The summed E-state index contributed by atoms with van der Waals surface area (Å²) in [5, 5.41) is 3.06. The third kappa shape index (κ3) is 2.43. The summed E-state index contributed by atoms with van der Waals surface area (Å²) in [5.74, 6) is 0.576. The molecular formula is C16H21NO. The zero-order valence-corrected chi connectivity index (χ0v) is 10.9. The summed E-state index contributed by atoms with van der Waals surface area (Å²) in [6, 6.07) is 6.82. The van der Waals surface area contributed by atoms with Crippen LogP contribution in [0.5, 0.6) is 0 Å². The Hall–Kier alpha value is -1.31. The van der Waals surface area contributed by atoms with E-state index < -0.39 is 0 Å². The summed E-state index contributed by atoms with van der Waals surface area (Å²) in [5.41, 5.74) is 4.42. The number of fused-ring (bicyclic) bond motifs is 1. The van der Waals surface area contributed by atoms with E-state index in [9.17, 15) is 4.79 Å². The molecule has 1 saturated carbocycles. The molecule has 2 nitrogen and oxygen atoms in total.